The zero-order valence-electron chi connectivity index (χ0n) is 15.3. The lowest BCUT2D eigenvalue weighted by Crippen LogP contribution is -2.42. The maximum absolute atomic E-state index is 11.4. The van der Waals surface area contributed by atoms with Gasteiger partial charge in [-0.1, -0.05) is 0 Å². The molecule has 0 aliphatic carbocycles. The number of carbonyl (C=O) groups excluding carboxylic acids is 1. The van der Waals surface area contributed by atoms with Crippen molar-refractivity contribution in [3.63, 3.8) is 0 Å². The molecule has 140 valence electrons. The Morgan fingerprint density at radius 3 is 2.59 bits per heavy atom. The quantitative estimate of drug-likeness (QED) is 0.872. The van der Waals surface area contributed by atoms with Crippen molar-refractivity contribution in [2.75, 3.05) is 35.2 Å². The molecule has 2 unspecified atom stereocenters. The molecule has 2 fully saturated rings. The predicted molar refractivity (Wildman–Crippen MR) is 105 cm³/mol. The summed E-state index contributed by atoms with van der Waals surface area (Å²) >= 11 is 0. The van der Waals surface area contributed by atoms with E-state index < -0.39 is 0 Å². The molecule has 2 aromatic rings. The van der Waals surface area contributed by atoms with Crippen LogP contribution in [0.25, 0.3) is 0 Å². The average molecular weight is 365 g/mol. The highest BCUT2D eigenvalue weighted by Crippen LogP contribution is 2.34. The maximum atomic E-state index is 11.4. The van der Waals surface area contributed by atoms with Gasteiger partial charge < -0.3 is 25.0 Å². The van der Waals surface area contributed by atoms with Crippen molar-refractivity contribution >= 4 is 28.7 Å². The number of amides is 1. The average Bonchev–Trinajstić information content (AvgIpc) is 3.00. The molecule has 1 amide bonds. The number of aryl methyl sites for hydroxylation is 1. The molecular formula is C21H23N3O3. The molecule has 2 saturated heterocycles. The molecule has 0 radical (unpaired) electrons. The van der Waals surface area contributed by atoms with Crippen LogP contribution in [0, 0.1) is 6.92 Å². The van der Waals surface area contributed by atoms with Gasteiger partial charge >= 0.3 is 0 Å². The van der Waals surface area contributed by atoms with Crippen LogP contribution in [0.5, 0.6) is 5.75 Å². The van der Waals surface area contributed by atoms with Crippen LogP contribution in [0.1, 0.15) is 18.4 Å². The Kier molecular flexibility index (Phi) is 3.93. The molecule has 6 nitrogen and oxygen atoms in total. The Morgan fingerprint density at radius 2 is 1.81 bits per heavy atom. The van der Waals surface area contributed by atoms with Gasteiger partial charge in [-0.2, -0.15) is 0 Å². The topological polar surface area (TPSA) is 62.8 Å². The second kappa shape index (κ2) is 6.46. The van der Waals surface area contributed by atoms with E-state index >= 15 is 0 Å². The third-order valence-electron chi connectivity index (χ3n) is 5.48. The molecule has 5 rings (SSSR count). The first kappa shape index (κ1) is 16.4. The zero-order valence-corrected chi connectivity index (χ0v) is 15.3. The van der Waals surface area contributed by atoms with Gasteiger partial charge in [0.25, 0.3) is 5.91 Å². The van der Waals surface area contributed by atoms with Crippen LogP contribution >= 0.6 is 0 Å². The van der Waals surface area contributed by atoms with Crippen molar-refractivity contribution in [1.29, 1.82) is 0 Å². The van der Waals surface area contributed by atoms with Crippen molar-refractivity contribution in [2.45, 2.75) is 32.0 Å². The minimum Gasteiger partial charge on any atom is -0.482 e. The first-order chi connectivity index (χ1) is 13.1. The highest BCUT2D eigenvalue weighted by Gasteiger charge is 2.34. The first-order valence-corrected chi connectivity index (χ1v) is 9.49. The molecule has 0 saturated carbocycles. The molecule has 3 heterocycles. The summed E-state index contributed by atoms with van der Waals surface area (Å²) < 4.78 is 11.4. The molecule has 2 N–H and O–H groups in total. The number of anilines is 4. The molecule has 6 heteroatoms. The van der Waals surface area contributed by atoms with Gasteiger partial charge in [-0.05, 0) is 55.7 Å². The fourth-order valence-electron chi connectivity index (χ4n) is 4.22. The third-order valence-corrected chi connectivity index (χ3v) is 5.48. The smallest absolute Gasteiger partial charge is 0.262 e. The summed E-state index contributed by atoms with van der Waals surface area (Å²) in [4.78, 5) is 13.8. The van der Waals surface area contributed by atoms with Crippen LogP contribution in [0.15, 0.2) is 36.4 Å². The normalized spacial score (nSPS) is 23.4. The highest BCUT2D eigenvalue weighted by atomic mass is 16.5. The van der Waals surface area contributed by atoms with E-state index in [2.05, 4.69) is 40.7 Å². The second-order valence-corrected chi connectivity index (χ2v) is 7.54. The molecule has 2 bridgehead atoms. The maximum Gasteiger partial charge on any atom is 0.262 e. The lowest BCUT2D eigenvalue weighted by atomic mass is 10.1. The van der Waals surface area contributed by atoms with Gasteiger partial charge in [0.2, 0.25) is 0 Å². The molecule has 3 aliphatic rings. The van der Waals surface area contributed by atoms with Crippen LogP contribution < -0.4 is 20.3 Å². The van der Waals surface area contributed by atoms with Crippen molar-refractivity contribution in [3.8, 4) is 5.75 Å². The van der Waals surface area contributed by atoms with E-state index in [4.69, 9.17) is 9.47 Å². The standard InChI is InChI=1S/C21H23N3O3/c1-13-8-14(3-7-19(13)24-10-16-4-5-17(11-24)27-16)22-15-2-6-18-20(9-15)26-12-21(25)23-18/h2-3,6-9,16-17,22H,4-5,10-12H2,1H3,(H,23,25). The van der Waals surface area contributed by atoms with Gasteiger partial charge in [-0.25, -0.2) is 0 Å². The summed E-state index contributed by atoms with van der Waals surface area (Å²) in [5.74, 6) is 0.572. The number of morpholine rings is 1. The number of hydrogen-bond acceptors (Lipinski definition) is 5. The van der Waals surface area contributed by atoms with E-state index in [9.17, 15) is 4.79 Å². The Labute approximate surface area is 158 Å². The summed E-state index contributed by atoms with van der Waals surface area (Å²) in [6.45, 7) is 4.19. The summed E-state index contributed by atoms with van der Waals surface area (Å²) in [7, 11) is 0. The van der Waals surface area contributed by atoms with Gasteiger partial charge in [0.15, 0.2) is 6.61 Å². The monoisotopic (exact) mass is 365 g/mol. The van der Waals surface area contributed by atoms with E-state index in [1.165, 1.54) is 24.1 Å². The van der Waals surface area contributed by atoms with E-state index in [-0.39, 0.29) is 12.5 Å². The predicted octanol–water partition coefficient (Wildman–Crippen LogP) is 3.44. The molecule has 0 spiro atoms. The summed E-state index contributed by atoms with van der Waals surface area (Å²) in [6.07, 6.45) is 3.13. The molecule has 2 atom stereocenters. The SMILES string of the molecule is Cc1cc(Nc2ccc3c(c2)OCC(=O)N3)ccc1N1CC2CCC(C1)O2. The molecule has 0 aromatic heterocycles. The largest absolute Gasteiger partial charge is 0.482 e. The Hall–Kier alpha value is -2.73. The number of hydrogen-bond donors (Lipinski definition) is 2. The van der Waals surface area contributed by atoms with Gasteiger partial charge in [0, 0.05) is 36.2 Å². The number of nitrogens with zero attached hydrogens (tertiary/aromatic N) is 1. The van der Waals surface area contributed by atoms with Crippen molar-refractivity contribution in [3.05, 3.63) is 42.0 Å². The van der Waals surface area contributed by atoms with E-state index in [0.29, 0.717) is 23.6 Å². The van der Waals surface area contributed by atoms with Crippen LogP contribution in [-0.4, -0.2) is 37.8 Å². The van der Waals surface area contributed by atoms with E-state index in [0.717, 1.165) is 24.5 Å². The molecule has 27 heavy (non-hydrogen) atoms. The van der Waals surface area contributed by atoms with E-state index in [1.807, 2.05) is 18.2 Å². The summed E-state index contributed by atoms with van der Waals surface area (Å²) in [6, 6.07) is 12.2. The van der Waals surface area contributed by atoms with Gasteiger partial charge in [0.05, 0.1) is 17.9 Å². The number of carbonyl (C=O) groups is 1. The van der Waals surface area contributed by atoms with Crippen LogP contribution in [-0.2, 0) is 9.53 Å². The third kappa shape index (κ3) is 3.21. The lowest BCUT2D eigenvalue weighted by molar-refractivity contribution is -0.118. The minimum absolute atomic E-state index is 0.0613. The first-order valence-electron chi connectivity index (χ1n) is 9.49. The number of rotatable bonds is 3. The molecule has 2 aromatic carbocycles. The number of ether oxygens (including phenoxy) is 2. The number of nitrogens with one attached hydrogen (secondary N) is 2. The molecule has 3 aliphatic heterocycles. The van der Waals surface area contributed by atoms with Gasteiger partial charge in [-0.3, -0.25) is 4.79 Å². The van der Waals surface area contributed by atoms with E-state index in [1.54, 1.807) is 0 Å². The Morgan fingerprint density at radius 1 is 1.07 bits per heavy atom. The Bertz CT molecular complexity index is 886. The van der Waals surface area contributed by atoms with Crippen molar-refractivity contribution in [1.82, 2.24) is 0 Å². The number of fused-ring (bicyclic) bond motifs is 3. The second-order valence-electron chi connectivity index (χ2n) is 7.54. The van der Waals surface area contributed by atoms with Crippen LogP contribution in [0.3, 0.4) is 0 Å². The minimum atomic E-state index is -0.119. The van der Waals surface area contributed by atoms with Gasteiger partial charge in [0.1, 0.15) is 5.75 Å². The van der Waals surface area contributed by atoms with Crippen LogP contribution in [0.2, 0.25) is 0 Å². The van der Waals surface area contributed by atoms with Crippen LogP contribution in [0.4, 0.5) is 22.7 Å². The zero-order chi connectivity index (χ0) is 18.4. The fourth-order valence-corrected chi connectivity index (χ4v) is 4.22. The van der Waals surface area contributed by atoms with Gasteiger partial charge in [-0.15, -0.1) is 0 Å². The highest BCUT2D eigenvalue weighted by molar-refractivity contribution is 5.95. The lowest BCUT2D eigenvalue weighted by Gasteiger charge is -2.35. The molecular weight excluding hydrogens is 342 g/mol. The fraction of sp³-hybridized carbons (Fsp3) is 0.381. The number of benzene rings is 2. The summed E-state index contributed by atoms with van der Waals surface area (Å²) in [5.41, 5.74) is 5.22. The Balaban J connectivity index is 1.33. The summed E-state index contributed by atoms with van der Waals surface area (Å²) in [5, 5.41) is 6.24. The van der Waals surface area contributed by atoms with Crippen molar-refractivity contribution in [2.24, 2.45) is 0 Å². The van der Waals surface area contributed by atoms with Crippen molar-refractivity contribution < 1.29 is 14.3 Å².